The standard InChI is InChI=1S/C11H20N4O3/c1-11(2,3)18-10(17)15-5-4-8(13-14-12)6-9(16)7-15/h8-9,16H,4-7H2,1-3H3/t8-,9-/m0/s1. The Kier molecular flexibility index (Phi) is 4.81. The zero-order valence-electron chi connectivity index (χ0n) is 11.0. The molecule has 102 valence electrons. The molecule has 0 aromatic rings. The summed E-state index contributed by atoms with van der Waals surface area (Å²) >= 11 is 0. The van der Waals surface area contributed by atoms with E-state index in [0.29, 0.717) is 19.4 Å². The molecule has 0 aliphatic carbocycles. The van der Waals surface area contributed by atoms with Crippen molar-refractivity contribution in [2.75, 3.05) is 13.1 Å². The molecule has 1 N–H and O–H groups in total. The molecule has 0 aromatic heterocycles. The summed E-state index contributed by atoms with van der Waals surface area (Å²) < 4.78 is 5.25. The molecular weight excluding hydrogens is 236 g/mol. The van der Waals surface area contributed by atoms with Gasteiger partial charge in [-0.05, 0) is 39.1 Å². The van der Waals surface area contributed by atoms with Crippen LogP contribution < -0.4 is 0 Å². The Bertz CT molecular complexity index is 347. The second-order valence-corrected chi connectivity index (χ2v) is 5.46. The van der Waals surface area contributed by atoms with Gasteiger partial charge in [0.05, 0.1) is 6.10 Å². The largest absolute Gasteiger partial charge is 0.444 e. The van der Waals surface area contributed by atoms with Crippen LogP contribution in [0.4, 0.5) is 4.79 Å². The zero-order chi connectivity index (χ0) is 13.8. The maximum Gasteiger partial charge on any atom is 0.410 e. The van der Waals surface area contributed by atoms with Crippen LogP contribution in [0.1, 0.15) is 33.6 Å². The van der Waals surface area contributed by atoms with Gasteiger partial charge in [0.2, 0.25) is 0 Å². The number of β-amino-alcohol motifs (C(OH)–C–C–N with tert-alkyl or cyclic N) is 1. The van der Waals surface area contributed by atoms with Gasteiger partial charge >= 0.3 is 6.09 Å². The zero-order valence-corrected chi connectivity index (χ0v) is 11.0. The molecule has 0 bridgehead atoms. The smallest absolute Gasteiger partial charge is 0.410 e. The van der Waals surface area contributed by atoms with E-state index < -0.39 is 17.8 Å². The first kappa shape index (κ1) is 14.6. The Morgan fingerprint density at radius 2 is 2.22 bits per heavy atom. The number of amides is 1. The predicted molar refractivity (Wildman–Crippen MR) is 66.0 cm³/mol. The fraction of sp³-hybridized carbons (Fsp3) is 0.909. The number of rotatable bonds is 1. The van der Waals surface area contributed by atoms with Crippen molar-refractivity contribution in [3.63, 3.8) is 0 Å². The lowest BCUT2D eigenvalue weighted by atomic mass is 10.1. The molecule has 0 aromatic carbocycles. The second kappa shape index (κ2) is 5.93. The fourth-order valence-electron chi connectivity index (χ4n) is 1.83. The van der Waals surface area contributed by atoms with Gasteiger partial charge in [0.25, 0.3) is 0 Å². The predicted octanol–water partition coefficient (Wildman–Crippen LogP) is 2.06. The first-order chi connectivity index (χ1) is 8.31. The molecule has 7 heteroatoms. The number of carbonyl (C=O) groups is 1. The summed E-state index contributed by atoms with van der Waals surface area (Å²) in [4.78, 5) is 16.1. The summed E-state index contributed by atoms with van der Waals surface area (Å²) in [6, 6.07) is -0.266. The molecule has 1 rings (SSSR count). The van der Waals surface area contributed by atoms with E-state index in [0.717, 1.165) is 0 Å². The third-order valence-electron chi connectivity index (χ3n) is 2.57. The van der Waals surface area contributed by atoms with E-state index in [1.54, 1.807) is 20.8 Å². The molecule has 0 unspecified atom stereocenters. The van der Waals surface area contributed by atoms with Crippen molar-refractivity contribution in [2.24, 2.45) is 5.11 Å². The SMILES string of the molecule is CC(C)(C)OC(=O)N1CC[C@H](N=[N+]=[N-])C[C@H](O)C1. The van der Waals surface area contributed by atoms with Crippen molar-refractivity contribution in [1.29, 1.82) is 0 Å². The van der Waals surface area contributed by atoms with Crippen LogP contribution in [0.15, 0.2) is 5.11 Å². The lowest BCUT2D eigenvalue weighted by molar-refractivity contribution is 0.0173. The molecule has 18 heavy (non-hydrogen) atoms. The van der Waals surface area contributed by atoms with Crippen LogP contribution in [0, 0.1) is 0 Å². The van der Waals surface area contributed by atoms with E-state index in [9.17, 15) is 9.90 Å². The van der Waals surface area contributed by atoms with Crippen molar-refractivity contribution in [2.45, 2.75) is 51.4 Å². The average molecular weight is 256 g/mol. The van der Waals surface area contributed by atoms with E-state index in [4.69, 9.17) is 10.3 Å². The summed E-state index contributed by atoms with van der Waals surface area (Å²) in [6.45, 7) is 6.02. The third-order valence-corrected chi connectivity index (χ3v) is 2.57. The molecule has 1 amide bonds. The van der Waals surface area contributed by atoms with E-state index in [1.807, 2.05) is 0 Å². The number of hydrogen-bond acceptors (Lipinski definition) is 4. The number of hydrogen-bond donors (Lipinski definition) is 1. The summed E-state index contributed by atoms with van der Waals surface area (Å²) in [7, 11) is 0. The van der Waals surface area contributed by atoms with E-state index >= 15 is 0 Å². The van der Waals surface area contributed by atoms with Crippen molar-refractivity contribution in [3.05, 3.63) is 10.4 Å². The summed E-state index contributed by atoms with van der Waals surface area (Å²) in [6.07, 6.45) is -0.206. The average Bonchev–Trinajstić information content (AvgIpc) is 2.38. The Labute approximate surface area is 106 Å². The highest BCUT2D eigenvalue weighted by molar-refractivity contribution is 5.68. The summed E-state index contributed by atoms with van der Waals surface area (Å²) in [5.74, 6) is 0. The summed E-state index contributed by atoms with van der Waals surface area (Å²) in [5, 5.41) is 13.4. The Balaban J connectivity index is 2.63. The molecule has 1 fully saturated rings. The number of carbonyl (C=O) groups excluding carboxylic acids is 1. The van der Waals surface area contributed by atoms with Crippen LogP contribution in [0.25, 0.3) is 10.4 Å². The van der Waals surface area contributed by atoms with Crippen molar-refractivity contribution < 1.29 is 14.6 Å². The highest BCUT2D eigenvalue weighted by Crippen LogP contribution is 2.17. The van der Waals surface area contributed by atoms with Crippen LogP contribution in [0.2, 0.25) is 0 Å². The monoisotopic (exact) mass is 256 g/mol. The molecule has 0 saturated carbocycles. The molecule has 1 aliphatic heterocycles. The molecule has 2 atom stereocenters. The molecule has 1 saturated heterocycles. The number of azide groups is 1. The van der Waals surface area contributed by atoms with Gasteiger partial charge in [-0.3, -0.25) is 0 Å². The van der Waals surface area contributed by atoms with Gasteiger partial charge in [0.1, 0.15) is 5.60 Å². The van der Waals surface area contributed by atoms with Gasteiger partial charge in [0, 0.05) is 24.0 Å². The van der Waals surface area contributed by atoms with E-state index in [2.05, 4.69) is 10.0 Å². The van der Waals surface area contributed by atoms with Crippen LogP contribution in [0.3, 0.4) is 0 Å². The first-order valence-electron chi connectivity index (χ1n) is 6.02. The summed E-state index contributed by atoms with van der Waals surface area (Å²) in [5.41, 5.74) is 7.84. The Hall–Kier alpha value is -1.46. The van der Waals surface area contributed by atoms with Gasteiger partial charge in [0.15, 0.2) is 0 Å². The topological polar surface area (TPSA) is 98.5 Å². The molecule has 1 heterocycles. The number of aliphatic hydroxyl groups excluding tert-OH is 1. The van der Waals surface area contributed by atoms with Crippen LogP contribution in [-0.2, 0) is 4.74 Å². The minimum Gasteiger partial charge on any atom is -0.444 e. The number of nitrogens with zero attached hydrogens (tertiary/aromatic N) is 4. The molecule has 0 spiro atoms. The molecule has 0 radical (unpaired) electrons. The lowest BCUT2D eigenvalue weighted by Crippen LogP contribution is -2.40. The normalized spacial score (nSPS) is 25.0. The Morgan fingerprint density at radius 1 is 1.56 bits per heavy atom. The van der Waals surface area contributed by atoms with Gasteiger partial charge in [-0.1, -0.05) is 5.11 Å². The van der Waals surface area contributed by atoms with Gasteiger partial charge in [-0.25, -0.2) is 4.79 Å². The van der Waals surface area contributed by atoms with Gasteiger partial charge in [-0.2, -0.15) is 0 Å². The minimum absolute atomic E-state index is 0.215. The number of likely N-dealkylation sites (tertiary alicyclic amines) is 1. The molecule has 7 nitrogen and oxygen atoms in total. The maximum atomic E-state index is 11.9. The van der Waals surface area contributed by atoms with Gasteiger partial charge < -0.3 is 14.7 Å². The van der Waals surface area contributed by atoms with E-state index in [-0.39, 0.29) is 12.6 Å². The quantitative estimate of drug-likeness (QED) is 0.441. The second-order valence-electron chi connectivity index (χ2n) is 5.46. The highest BCUT2D eigenvalue weighted by Gasteiger charge is 2.28. The highest BCUT2D eigenvalue weighted by atomic mass is 16.6. The van der Waals surface area contributed by atoms with Gasteiger partial charge in [-0.15, -0.1) is 0 Å². The number of ether oxygens (including phenoxy) is 1. The van der Waals surface area contributed by atoms with Crippen LogP contribution >= 0.6 is 0 Å². The molecular formula is C11H20N4O3. The van der Waals surface area contributed by atoms with Crippen molar-refractivity contribution in [3.8, 4) is 0 Å². The number of aliphatic hydroxyl groups is 1. The van der Waals surface area contributed by atoms with Crippen LogP contribution in [0.5, 0.6) is 0 Å². The molecule has 1 aliphatic rings. The van der Waals surface area contributed by atoms with Crippen LogP contribution in [-0.4, -0.2) is 46.9 Å². The van der Waals surface area contributed by atoms with Crippen molar-refractivity contribution in [1.82, 2.24) is 4.90 Å². The maximum absolute atomic E-state index is 11.9. The third kappa shape index (κ3) is 4.81. The minimum atomic E-state index is -0.685. The lowest BCUT2D eigenvalue weighted by Gasteiger charge is -2.27. The van der Waals surface area contributed by atoms with Crippen molar-refractivity contribution >= 4 is 6.09 Å². The Morgan fingerprint density at radius 3 is 2.78 bits per heavy atom. The first-order valence-corrected chi connectivity index (χ1v) is 6.02. The fourth-order valence-corrected chi connectivity index (χ4v) is 1.83. The van der Waals surface area contributed by atoms with E-state index in [1.165, 1.54) is 4.90 Å².